The van der Waals surface area contributed by atoms with Gasteiger partial charge in [-0.3, -0.25) is 0 Å². The number of ether oxygens (including phenoxy) is 1. The van der Waals surface area contributed by atoms with Crippen LogP contribution in [0.25, 0.3) is 10.8 Å². The fourth-order valence-electron chi connectivity index (χ4n) is 2.46. The van der Waals surface area contributed by atoms with E-state index in [9.17, 15) is 0 Å². The maximum absolute atomic E-state index is 5.99. The van der Waals surface area contributed by atoms with E-state index in [1.54, 1.807) is 0 Å². The minimum absolute atomic E-state index is 0.695. The number of benzene rings is 2. The van der Waals surface area contributed by atoms with Crippen LogP contribution >= 0.6 is 12.2 Å². The molecule has 0 saturated carbocycles. The summed E-state index contributed by atoms with van der Waals surface area (Å²) < 4.78 is 5.99. The van der Waals surface area contributed by atoms with Gasteiger partial charge in [0.25, 0.3) is 0 Å². The lowest BCUT2D eigenvalue weighted by Gasteiger charge is -2.26. The van der Waals surface area contributed by atoms with Gasteiger partial charge in [-0.15, -0.1) is 0 Å². The number of fused-ring (bicyclic) bond motifs is 2. The Hall–Kier alpha value is -2.13. The number of anilines is 1. The van der Waals surface area contributed by atoms with Gasteiger partial charge in [0.05, 0.1) is 11.4 Å². The maximum atomic E-state index is 5.99. The summed E-state index contributed by atoms with van der Waals surface area (Å²) in [7, 11) is 0. The van der Waals surface area contributed by atoms with Crippen molar-refractivity contribution >= 4 is 33.5 Å². The average Bonchev–Trinajstić information content (AvgIpc) is 2.43. The molecule has 3 heteroatoms. The summed E-state index contributed by atoms with van der Waals surface area (Å²) in [5.41, 5.74) is 2.02. The van der Waals surface area contributed by atoms with Crippen LogP contribution in [-0.2, 0) is 0 Å². The van der Waals surface area contributed by atoms with Gasteiger partial charge in [0.2, 0.25) is 0 Å². The zero-order valence-corrected chi connectivity index (χ0v) is 11.0. The van der Waals surface area contributed by atoms with Crippen molar-refractivity contribution in [2.75, 3.05) is 5.32 Å². The summed E-state index contributed by atoms with van der Waals surface area (Å²) in [4.78, 5) is 0.907. The van der Waals surface area contributed by atoms with Crippen LogP contribution in [0.4, 0.5) is 5.69 Å². The molecule has 0 saturated heterocycles. The molecule has 2 aromatic rings. The average molecular weight is 265 g/mol. The lowest BCUT2D eigenvalue weighted by Crippen LogP contribution is -2.17. The van der Waals surface area contributed by atoms with E-state index in [-0.39, 0.29) is 0 Å². The van der Waals surface area contributed by atoms with Crippen LogP contribution < -0.4 is 10.1 Å². The number of nitrogens with one attached hydrogen (secondary N) is 1. The first-order valence-corrected chi connectivity index (χ1v) is 6.62. The molecule has 92 valence electrons. The Kier molecular flexibility index (Phi) is 2.23. The number of hydrogen-bond acceptors (Lipinski definition) is 3. The van der Waals surface area contributed by atoms with Crippen molar-refractivity contribution in [3.8, 4) is 5.75 Å². The van der Waals surface area contributed by atoms with E-state index in [1.807, 2.05) is 24.3 Å². The predicted molar refractivity (Wildman–Crippen MR) is 81.6 cm³/mol. The second kappa shape index (κ2) is 3.93. The van der Waals surface area contributed by atoms with Gasteiger partial charge in [0, 0.05) is 11.3 Å². The molecule has 1 aliphatic carbocycles. The van der Waals surface area contributed by atoms with E-state index >= 15 is 0 Å². The summed E-state index contributed by atoms with van der Waals surface area (Å²) >= 11 is 5.22. The monoisotopic (exact) mass is 265 g/mol. The molecule has 0 atom stereocenters. The van der Waals surface area contributed by atoms with Gasteiger partial charge in [0.1, 0.15) is 5.76 Å². The third-order valence-corrected chi connectivity index (χ3v) is 3.70. The van der Waals surface area contributed by atoms with Gasteiger partial charge in [-0.05, 0) is 35.1 Å². The molecule has 0 spiro atoms. The van der Waals surface area contributed by atoms with Crippen molar-refractivity contribution in [2.45, 2.75) is 6.42 Å². The Balaban J connectivity index is 1.84. The van der Waals surface area contributed by atoms with E-state index in [0.29, 0.717) is 6.42 Å². The van der Waals surface area contributed by atoms with Crippen LogP contribution in [0.3, 0.4) is 0 Å². The number of thiocarbonyl (C=S) groups is 1. The lowest BCUT2D eigenvalue weighted by atomic mass is 10.1. The number of hydrogen-bond donors (Lipinski definition) is 1. The highest BCUT2D eigenvalue weighted by Gasteiger charge is 2.21. The number of allylic oxidation sites excluding steroid dienone is 3. The van der Waals surface area contributed by atoms with Gasteiger partial charge >= 0.3 is 0 Å². The van der Waals surface area contributed by atoms with Crippen molar-refractivity contribution in [1.82, 2.24) is 0 Å². The standard InChI is InChI=1S/C16H11NOS/c19-12-5-6-13-16(9-12)18-15-8-11-4-2-1-3-10(11)7-14(15)17-13/h1-8,17H,9H2. The van der Waals surface area contributed by atoms with Crippen LogP contribution in [0.1, 0.15) is 6.42 Å². The third-order valence-electron chi connectivity index (χ3n) is 3.42. The molecule has 1 N–H and O–H groups in total. The maximum Gasteiger partial charge on any atom is 0.151 e. The highest BCUT2D eigenvalue weighted by atomic mass is 32.1. The Morgan fingerprint density at radius 3 is 2.68 bits per heavy atom. The largest absolute Gasteiger partial charge is 0.457 e. The normalized spacial score (nSPS) is 16.7. The third kappa shape index (κ3) is 1.74. The first-order valence-electron chi connectivity index (χ1n) is 6.21. The zero-order valence-electron chi connectivity index (χ0n) is 10.1. The van der Waals surface area contributed by atoms with Crippen LogP contribution in [0, 0.1) is 0 Å². The highest BCUT2D eigenvalue weighted by molar-refractivity contribution is 7.80. The molecule has 0 bridgehead atoms. The highest BCUT2D eigenvalue weighted by Crippen LogP contribution is 2.38. The van der Waals surface area contributed by atoms with Crippen molar-refractivity contribution in [3.63, 3.8) is 0 Å². The fourth-order valence-corrected chi connectivity index (χ4v) is 2.66. The van der Waals surface area contributed by atoms with Gasteiger partial charge in [0.15, 0.2) is 5.75 Å². The van der Waals surface area contributed by atoms with E-state index in [0.717, 1.165) is 27.8 Å². The molecule has 19 heavy (non-hydrogen) atoms. The van der Waals surface area contributed by atoms with E-state index in [4.69, 9.17) is 17.0 Å². The minimum atomic E-state index is 0.695. The Morgan fingerprint density at radius 1 is 1.05 bits per heavy atom. The molecule has 2 aromatic carbocycles. The molecule has 0 amide bonds. The molecule has 4 rings (SSSR count). The topological polar surface area (TPSA) is 21.3 Å². The molecular weight excluding hydrogens is 254 g/mol. The Bertz CT molecular complexity index is 773. The molecule has 1 heterocycles. The summed E-state index contributed by atoms with van der Waals surface area (Å²) in [6.45, 7) is 0. The quantitative estimate of drug-likeness (QED) is 0.722. The van der Waals surface area contributed by atoms with Crippen molar-refractivity contribution in [3.05, 3.63) is 60.0 Å². The first kappa shape index (κ1) is 10.8. The van der Waals surface area contributed by atoms with Crippen LogP contribution in [0.15, 0.2) is 60.0 Å². The van der Waals surface area contributed by atoms with Crippen molar-refractivity contribution in [2.24, 2.45) is 0 Å². The first-order chi connectivity index (χ1) is 9.29. The summed E-state index contributed by atoms with van der Waals surface area (Å²) in [6, 6.07) is 12.5. The van der Waals surface area contributed by atoms with Crippen molar-refractivity contribution in [1.29, 1.82) is 0 Å². The molecule has 0 radical (unpaired) electrons. The summed E-state index contributed by atoms with van der Waals surface area (Å²) in [6.07, 6.45) is 4.64. The SMILES string of the molecule is S=C1C=CC2=C(C1)Oc1cc3ccccc3cc1N2. The van der Waals surface area contributed by atoms with Crippen LogP contribution in [0.5, 0.6) is 5.75 Å². The lowest BCUT2D eigenvalue weighted by molar-refractivity contribution is 0.410. The molecule has 0 fully saturated rings. The molecule has 1 aliphatic heterocycles. The molecule has 2 nitrogen and oxygen atoms in total. The smallest absolute Gasteiger partial charge is 0.151 e. The Morgan fingerprint density at radius 2 is 1.84 bits per heavy atom. The second-order valence-electron chi connectivity index (χ2n) is 4.74. The zero-order chi connectivity index (χ0) is 12.8. The van der Waals surface area contributed by atoms with Crippen molar-refractivity contribution < 1.29 is 4.74 Å². The van der Waals surface area contributed by atoms with E-state index < -0.39 is 0 Å². The van der Waals surface area contributed by atoms with E-state index in [1.165, 1.54) is 10.8 Å². The predicted octanol–water partition coefficient (Wildman–Crippen LogP) is 4.19. The number of rotatable bonds is 0. The minimum Gasteiger partial charge on any atom is -0.457 e. The van der Waals surface area contributed by atoms with Gasteiger partial charge in [-0.1, -0.05) is 36.5 Å². The molecule has 2 aliphatic rings. The van der Waals surface area contributed by atoms with Crippen LogP contribution in [-0.4, -0.2) is 4.86 Å². The second-order valence-corrected chi connectivity index (χ2v) is 5.26. The summed E-state index contributed by atoms with van der Waals surface area (Å²) in [5, 5.41) is 5.81. The van der Waals surface area contributed by atoms with Gasteiger partial charge in [-0.25, -0.2) is 0 Å². The fraction of sp³-hybridized carbons (Fsp3) is 0.0625. The molecular formula is C16H11NOS. The molecule has 0 aromatic heterocycles. The van der Waals surface area contributed by atoms with Gasteiger partial charge < -0.3 is 10.1 Å². The Labute approximate surface area is 116 Å². The summed E-state index contributed by atoms with van der Waals surface area (Å²) in [5.74, 6) is 1.78. The van der Waals surface area contributed by atoms with E-state index in [2.05, 4.69) is 29.6 Å². The van der Waals surface area contributed by atoms with Gasteiger partial charge in [-0.2, -0.15) is 0 Å². The molecule has 0 unspecified atom stereocenters. The van der Waals surface area contributed by atoms with Crippen LogP contribution in [0.2, 0.25) is 0 Å².